The Morgan fingerprint density at radius 2 is 1.71 bits per heavy atom. The largest absolute Gasteiger partial charge is 0.497 e. The van der Waals surface area contributed by atoms with Crippen LogP contribution >= 0.6 is 0 Å². The summed E-state index contributed by atoms with van der Waals surface area (Å²) in [5, 5.41) is 7.03. The van der Waals surface area contributed by atoms with Gasteiger partial charge in [-0.2, -0.15) is 0 Å². The van der Waals surface area contributed by atoms with Gasteiger partial charge in [-0.3, -0.25) is 5.32 Å². The van der Waals surface area contributed by atoms with Gasteiger partial charge in [0.1, 0.15) is 5.75 Å². The average molecular weight is 445 g/mol. The van der Waals surface area contributed by atoms with E-state index >= 15 is 0 Å². The van der Waals surface area contributed by atoms with E-state index in [4.69, 9.17) is 4.74 Å². The monoisotopic (exact) mass is 444 g/mol. The van der Waals surface area contributed by atoms with Gasteiger partial charge in [0.25, 0.3) is 0 Å². The molecule has 1 aliphatic heterocycles. The summed E-state index contributed by atoms with van der Waals surface area (Å²) in [5.41, 5.74) is 2.31. The normalized spacial score (nSPS) is 19.3. The maximum absolute atomic E-state index is 13.6. The molecular weight excluding hydrogens is 408 g/mol. The van der Waals surface area contributed by atoms with Crippen molar-refractivity contribution in [3.8, 4) is 5.75 Å². The zero-order valence-electron chi connectivity index (χ0n) is 19.2. The molecule has 0 saturated carbocycles. The highest BCUT2D eigenvalue weighted by Gasteiger charge is 2.42. The van der Waals surface area contributed by atoms with E-state index in [1.807, 2.05) is 43.4 Å². The number of unbranched alkanes of at least 4 members (excludes halogenated alkanes) is 2. The molecule has 1 unspecified atom stereocenters. The number of rotatable bonds is 9. The first-order valence-corrected chi connectivity index (χ1v) is 13.0. The number of fused-ring (bicyclic) bond motifs is 1. The molecule has 0 radical (unpaired) electrons. The summed E-state index contributed by atoms with van der Waals surface area (Å²) in [6.07, 6.45) is 5.78. The Labute approximate surface area is 187 Å². The Hall–Kier alpha value is -2.05. The standard InChI is InChI=1S/C25H36N2O3S/c1-5-7-15-25(16-8-6-2)18-31(28,29)23-14-11-20(26-3)17-22(23)24(27-25)19-9-12-21(30-4)13-10-19/h9-14,17,24,26-27H,5-8,15-16,18H2,1-4H3. The Kier molecular flexibility index (Phi) is 7.65. The second kappa shape index (κ2) is 10.0. The molecule has 0 amide bonds. The smallest absolute Gasteiger partial charge is 0.180 e. The first-order valence-electron chi connectivity index (χ1n) is 11.3. The number of hydrogen-bond donors (Lipinski definition) is 2. The third-order valence-electron chi connectivity index (χ3n) is 6.33. The van der Waals surface area contributed by atoms with E-state index in [1.54, 1.807) is 13.2 Å². The molecule has 2 aromatic carbocycles. The predicted octanol–water partition coefficient (Wildman–Crippen LogP) is 5.32. The highest BCUT2D eigenvalue weighted by atomic mass is 32.2. The Balaban J connectivity index is 2.19. The summed E-state index contributed by atoms with van der Waals surface area (Å²) >= 11 is 0. The minimum Gasteiger partial charge on any atom is -0.497 e. The summed E-state index contributed by atoms with van der Waals surface area (Å²) in [6.45, 7) is 4.32. The van der Waals surface area contributed by atoms with Crippen molar-refractivity contribution in [1.29, 1.82) is 0 Å². The van der Waals surface area contributed by atoms with Crippen LogP contribution in [0.4, 0.5) is 5.69 Å². The van der Waals surface area contributed by atoms with Gasteiger partial charge < -0.3 is 10.1 Å². The topological polar surface area (TPSA) is 67.4 Å². The van der Waals surface area contributed by atoms with Crippen molar-refractivity contribution in [2.45, 2.75) is 68.8 Å². The second-order valence-corrected chi connectivity index (χ2v) is 10.6. The van der Waals surface area contributed by atoms with E-state index in [9.17, 15) is 8.42 Å². The molecule has 1 atom stereocenters. The molecule has 170 valence electrons. The lowest BCUT2D eigenvalue weighted by molar-refractivity contribution is 0.278. The van der Waals surface area contributed by atoms with Gasteiger partial charge in [0.15, 0.2) is 9.84 Å². The molecule has 31 heavy (non-hydrogen) atoms. The van der Waals surface area contributed by atoms with Crippen LogP contribution in [0.1, 0.15) is 69.5 Å². The van der Waals surface area contributed by atoms with Gasteiger partial charge in [0.05, 0.1) is 23.8 Å². The summed E-state index contributed by atoms with van der Waals surface area (Å²) < 4.78 is 32.6. The highest BCUT2D eigenvalue weighted by Crippen LogP contribution is 2.40. The minimum absolute atomic E-state index is 0.137. The molecule has 2 aromatic rings. The Bertz CT molecular complexity index is 963. The van der Waals surface area contributed by atoms with Crippen LogP contribution in [0.5, 0.6) is 5.75 Å². The lowest BCUT2D eigenvalue weighted by Gasteiger charge is -2.37. The molecule has 1 heterocycles. The van der Waals surface area contributed by atoms with Crippen LogP contribution in [0.25, 0.3) is 0 Å². The van der Waals surface area contributed by atoms with E-state index in [1.165, 1.54) is 0 Å². The molecule has 0 fully saturated rings. The van der Waals surface area contributed by atoms with Crippen molar-refractivity contribution in [2.24, 2.45) is 0 Å². The van der Waals surface area contributed by atoms with Crippen LogP contribution in [-0.2, 0) is 9.84 Å². The van der Waals surface area contributed by atoms with E-state index in [0.29, 0.717) is 4.90 Å². The van der Waals surface area contributed by atoms with Crippen LogP contribution in [0.15, 0.2) is 47.4 Å². The molecule has 6 heteroatoms. The summed E-state index contributed by atoms with van der Waals surface area (Å²) in [5.74, 6) is 0.927. The number of ether oxygens (including phenoxy) is 1. The van der Waals surface area contributed by atoms with Crippen molar-refractivity contribution in [3.63, 3.8) is 0 Å². The first kappa shape index (κ1) is 23.6. The van der Waals surface area contributed by atoms with E-state index in [0.717, 1.165) is 61.1 Å². The molecule has 0 aliphatic carbocycles. The highest BCUT2D eigenvalue weighted by molar-refractivity contribution is 7.91. The molecular formula is C25H36N2O3S. The molecule has 1 aliphatic rings. The van der Waals surface area contributed by atoms with Crippen molar-refractivity contribution >= 4 is 15.5 Å². The Morgan fingerprint density at radius 1 is 1.06 bits per heavy atom. The predicted molar refractivity (Wildman–Crippen MR) is 128 cm³/mol. The molecule has 0 spiro atoms. The van der Waals surface area contributed by atoms with Crippen molar-refractivity contribution in [2.75, 3.05) is 25.2 Å². The van der Waals surface area contributed by atoms with Crippen LogP contribution in [-0.4, -0.2) is 33.9 Å². The lowest BCUT2D eigenvalue weighted by atomic mass is 9.86. The van der Waals surface area contributed by atoms with Crippen molar-refractivity contribution in [1.82, 2.24) is 5.32 Å². The molecule has 3 rings (SSSR count). The quantitative estimate of drug-likeness (QED) is 0.548. The summed E-state index contributed by atoms with van der Waals surface area (Å²) in [7, 11) is 0.0693. The molecule has 2 N–H and O–H groups in total. The maximum atomic E-state index is 13.6. The van der Waals surface area contributed by atoms with Gasteiger partial charge >= 0.3 is 0 Å². The van der Waals surface area contributed by atoms with Gasteiger partial charge in [0, 0.05) is 18.3 Å². The van der Waals surface area contributed by atoms with E-state index in [-0.39, 0.29) is 11.8 Å². The van der Waals surface area contributed by atoms with Gasteiger partial charge in [-0.25, -0.2) is 8.42 Å². The Morgan fingerprint density at radius 3 is 2.26 bits per heavy atom. The second-order valence-electron chi connectivity index (χ2n) is 8.60. The van der Waals surface area contributed by atoms with Crippen LogP contribution in [0.2, 0.25) is 0 Å². The van der Waals surface area contributed by atoms with Crippen LogP contribution < -0.4 is 15.4 Å². The van der Waals surface area contributed by atoms with E-state index in [2.05, 4.69) is 24.5 Å². The SMILES string of the molecule is CCCCC1(CCCC)CS(=O)(=O)c2ccc(NC)cc2C(c2ccc(OC)cc2)N1. The average Bonchev–Trinajstić information content (AvgIpc) is 2.88. The number of benzene rings is 2. The van der Waals surface area contributed by atoms with Gasteiger partial charge in [-0.15, -0.1) is 0 Å². The van der Waals surface area contributed by atoms with Gasteiger partial charge in [0.2, 0.25) is 0 Å². The van der Waals surface area contributed by atoms with Crippen molar-refractivity contribution in [3.05, 3.63) is 53.6 Å². The van der Waals surface area contributed by atoms with Gasteiger partial charge in [-0.1, -0.05) is 51.7 Å². The minimum atomic E-state index is -3.44. The third kappa shape index (κ3) is 5.24. The number of anilines is 1. The number of nitrogens with one attached hydrogen (secondary N) is 2. The summed E-state index contributed by atoms with van der Waals surface area (Å²) in [4.78, 5) is 0.440. The fourth-order valence-corrected chi connectivity index (χ4v) is 6.65. The van der Waals surface area contributed by atoms with Gasteiger partial charge in [-0.05, 0) is 54.3 Å². The fourth-order valence-electron chi connectivity index (χ4n) is 4.58. The molecule has 0 aromatic heterocycles. The van der Waals surface area contributed by atoms with Crippen LogP contribution in [0, 0.1) is 0 Å². The van der Waals surface area contributed by atoms with Crippen LogP contribution in [0.3, 0.4) is 0 Å². The number of hydrogen-bond acceptors (Lipinski definition) is 5. The fraction of sp³-hybridized carbons (Fsp3) is 0.520. The zero-order valence-corrected chi connectivity index (χ0v) is 20.0. The zero-order chi connectivity index (χ0) is 22.5. The van der Waals surface area contributed by atoms with E-state index < -0.39 is 15.4 Å². The summed E-state index contributed by atoms with van der Waals surface area (Å²) in [6, 6.07) is 13.3. The number of sulfone groups is 1. The van der Waals surface area contributed by atoms with Crippen molar-refractivity contribution < 1.29 is 13.2 Å². The molecule has 5 nitrogen and oxygen atoms in total. The third-order valence-corrected chi connectivity index (χ3v) is 8.30. The first-order chi connectivity index (χ1) is 14.9. The molecule has 0 bridgehead atoms. The maximum Gasteiger partial charge on any atom is 0.180 e. The number of methoxy groups -OCH3 is 1. The molecule has 0 saturated heterocycles. The lowest BCUT2D eigenvalue weighted by Crippen LogP contribution is -2.50.